The SMILES string of the molecule is ClCC=[CH][SnH]. The first kappa shape index (κ1) is 5.83. The molecule has 0 aliphatic rings. The Morgan fingerprint density at radius 3 is 2.40 bits per heavy atom. The van der Waals surface area contributed by atoms with Gasteiger partial charge in [0.25, 0.3) is 0 Å². The molecule has 0 aromatic carbocycles. The third-order valence-corrected chi connectivity index (χ3v) is 1.18. The van der Waals surface area contributed by atoms with Crippen molar-refractivity contribution in [1.82, 2.24) is 0 Å². The van der Waals surface area contributed by atoms with Crippen molar-refractivity contribution in [2.45, 2.75) is 0 Å². The minimum absolute atomic E-state index is 0.668. The maximum atomic E-state index is 5.24. The van der Waals surface area contributed by atoms with Crippen molar-refractivity contribution in [3.05, 3.63) is 10.2 Å². The van der Waals surface area contributed by atoms with Crippen molar-refractivity contribution >= 4 is 34.1 Å². The van der Waals surface area contributed by atoms with Crippen LogP contribution in [-0.4, -0.2) is 28.4 Å². The van der Waals surface area contributed by atoms with Gasteiger partial charge >= 0.3 is 50.2 Å². The van der Waals surface area contributed by atoms with E-state index in [0.29, 0.717) is 5.88 Å². The van der Waals surface area contributed by atoms with E-state index >= 15 is 0 Å². The molecular formula is C3H5ClSn. The van der Waals surface area contributed by atoms with Gasteiger partial charge in [-0.1, -0.05) is 0 Å². The van der Waals surface area contributed by atoms with E-state index in [1.807, 2.05) is 6.08 Å². The molecule has 0 aliphatic carbocycles. The fourth-order valence-corrected chi connectivity index (χ4v) is 1.04. The second-order valence-electron chi connectivity index (χ2n) is 0.582. The van der Waals surface area contributed by atoms with Gasteiger partial charge in [-0.25, -0.2) is 0 Å². The third kappa shape index (κ3) is 4.83. The second kappa shape index (κ2) is 4.83. The summed E-state index contributed by atoms with van der Waals surface area (Å²) in [6.45, 7) is 0. The molecule has 0 saturated carbocycles. The van der Waals surface area contributed by atoms with Crippen molar-refractivity contribution in [3.63, 3.8) is 0 Å². The molecule has 0 spiro atoms. The van der Waals surface area contributed by atoms with Crippen LogP contribution in [0.5, 0.6) is 0 Å². The number of hydrogen-bond donors (Lipinski definition) is 0. The minimum atomic E-state index is 0.668. The number of halogens is 1. The molecule has 2 heteroatoms. The van der Waals surface area contributed by atoms with Crippen LogP contribution in [-0.2, 0) is 0 Å². The van der Waals surface area contributed by atoms with Gasteiger partial charge in [0.05, 0.1) is 0 Å². The molecule has 0 amide bonds. The fourth-order valence-electron chi connectivity index (χ4n) is 0.0514. The van der Waals surface area contributed by atoms with Gasteiger partial charge < -0.3 is 0 Å². The van der Waals surface area contributed by atoms with Crippen LogP contribution in [0.1, 0.15) is 0 Å². The zero-order valence-corrected chi connectivity index (χ0v) is 6.87. The standard InChI is InChI=1S/C3H4Cl.Sn.H/c1-2-3-4;;/h1-2H,3H2;;. The average Bonchev–Trinajstić information content (AvgIpc) is 1.41. The first-order valence-corrected chi connectivity index (χ1v) is 3.78. The molecule has 0 unspecified atom stereocenters. The Kier molecular flexibility index (Phi) is 5.63. The number of hydrogen-bond acceptors (Lipinski definition) is 0. The molecule has 0 heterocycles. The van der Waals surface area contributed by atoms with Gasteiger partial charge in [0, 0.05) is 0 Å². The van der Waals surface area contributed by atoms with E-state index in [4.69, 9.17) is 11.6 Å². The maximum absolute atomic E-state index is 5.24. The average molecular weight is 195 g/mol. The molecule has 0 atom stereocenters. The molecule has 0 saturated heterocycles. The van der Waals surface area contributed by atoms with Crippen LogP contribution in [0.25, 0.3) is 0 Å². The van der Waals surface area contributed by atoms with Crippen LogP contribution in [0.2, 0.25) is 0 Å². The second-order valence-corrected chi connectivity index (χ2v) is 1.99. The molecular weight excluding hydrogens is 190 g/mol. The van der Waals surface area contributed by atoms with Crippen LogP contribution in [0.3, 0.4) is 0 Å². The normalized spacial score (nSPS) is 10.0. The molecule has 0 aromatic heterocycles. The first-order valence-electron chi connectivity index (χ1n) is 1.34. The van der Waals surface area contributed by atoms with Crippen LogP contribution < -0.4 is 0 Å². The van der Waals surface area contributed by atoms with Gasteiger partial charge in [0.2, 0.25) is 0 Å². The first-order chi connectivity index (χ1) is 2.41. The van der Waals surface area contributed by atoms with Gasteiger partial charge in [-0.2, -0.15) is 0 Å². The molecule has 5 heavy (non-hydrogen) atoms. The molecule has 2 radical (unpaired) electrons. The summed E-state index contributed by atoms with van der Waals surface area (Å²) < 4.78 is 2.05. The predicted octanol–water partition coefficient (Wildman–Crippen LogP) is 0.640. The van der Waals surface area contributed by atoms with Gasteiger partial charge in [-0.15, -0.1) is 0 Å². The monoisotopic (exact) mass is 196 g/mol. The zero-order valence-electron chi connectivity index (χ0n) is 2.82. The van der Waals surface area contributed by atoms with E-state index in [1.54, 1.807) is 0 Å². The molecule has 0 N–H and O–H groups in total. The fraction of sp³-hybridized carbons (Fsp3) is 0.333. The Labute approximate surface area is 50.3 Å². The third-order valence-electron chi connectivity index (χ3n) is 0.225. The molecule has 0 rings (SSSR count). The van der Waals surface area contributed by atoms with Crippen molar-refractivity contribution in [1.29, 1.82) is 0 Å². The summed E-state index contributed by atoms with van der Waals surface area (Å²) in [4.78, 5) is 0. The van der Waals surface area contributed by atoms with E-state index in [1.165, 1.54) is 22.5 Å². The summed E-state index contributed by atoms with van der Waals surface area (Å²) in [5.41, 5.74) is 0. The molecule has 0 nitrogen and oxygen atoms in total. The van der Waals surface area contributed by atoms with Gasteiger partial charge in [-0.05, 0) is 0 Å². The Balaban J connectivity index is 2.62. The summed E-state index contributed by atoms with van der Waals surface area (Å²) in [5.74, 6) is 0.668. The number of rotatable bonds is 1. The van der Waals surface area contributed by atoms with E-state index in [9.17, 15) is 0 Å². The Morgan fingerprint density at radius 1 is 1.80 bits per heavy atom. The summed E-state index contributed by atoms with van der Waals surface area (Å²) in [7, 11) is 0. The van der Waals surface area contributed by atoms with Gasteiger partial charge in [0.1, 0.15) is 0 Å². The van der Waals surface area contributed by atoms with Gasteiger partial charge in [0.15, 0.2) is 0 Å². The summed E-state index contributed by atoms with van der Waals surface area (Å²) >= 11 is 6.42. The number of allylic oxidation sites excluding steroid dienone is 1. The Morgan fingerprint density at radius 2 is 2.40 bits per heavy atom. The van der Waals surface area contributed by atoms with E-state index in [-0.39, 0.29) is 0 Å². The Bertz CT molecular complexity index is 33.9. The molecule has 0 aliphatic heterocycles. The predicted molar refractivity (Wildman–Crippen MR) is 27.0 cm³/mol. The topological polar surface area (TPSA) is 0 Å². The van der Waals surface area contributed by atoms with Crippen LogP contribution in [0.4, 0.5) is 0 Å². The van der Waals surface area contributed by atoms with Crippen molar-refractivity contribution < 1.29 is 0 Å². The van der Waals surface area contributed by atoms with Crippen molar-refractivity contribution in [2.24, 2.45) is 0 Å². The molecule has 0 aromatic rings. The summed E-state index contributed by atoms with van der Waals surface area (Å²) in [5, 5.41) is 0. The summed E-state index contributed by atoms with van der Waals surface area (Å²) in [6, 6.07) is 0. The van der Waals surface area contributed by atoms with Crippen LogP contribution in [0, 0.1) is 0 Å². The van der Waals surface area contributed by atoms with Crippen LogP contribution in [0.15, 0.2) is 10.2 Å². The summed E-state index contributed by atoms with van der Waals surface area (Å²) in [6.07, 6.45) is 1.95. The molecule has 0 fully saturated rings. The van der Waals surface area contributed by atoms with E-state index in [2.05, 4.69) is 4.09 Å². The number of alkyl halides is 1. The molecule has 0 bridgehead atoms. The van der Waals surface area contributed by atoms with E-state index in [0.717, 1.165) is 0 Å². The van der Waals surface area contributed by atoms with E-state index < -0.39 is 0 Å². The van der Waals surface area contributed by atoms with Crippen molar-refractivity contribution in [2.75, 3.05) is 5.88 Å². The zero-order chi connectivity index (χ0) is 4.12. The quantitative estimate of drug-likeness (QED) is 0.425. The van der Waals surface area contributed by atoms with Crippen LogP contribution >= 0.6 is 11.6 Å². The Hall–Kier alpha value is 0.829. The van der Waals surface area contributed by atoms with Crippen molar-refractivity contribution in [3.8, 4) is 0 Å². The molecule has 28 valence electrons. The van der Waals surface area contributed by atoms with Gasteiger partial charge in [-0.3, -0.25) is 0 Å².